The number of nitrogens with one attached hydrogen (secondary N) is 1. The molecule has 1 fully saturated rings. The van der Waals surface area contributed by atoms with E-state index in [-0.39, 0.29) is 36.6 Å². The second-order valence-electron chi connectivity index (χ2n) is 5.69. The number of ether oxygens (including phenoxy) is 1. The molecule has 1 aromatic carbocycles. The summed E-state index contributed by atoms with van der Waals surface area (Å²) in [5, 5.41) is 2.93. The van der Waals surface area contributed by atoms with Crippen molar-refractivity contribution < 1.29 is 9.53 Å². The Hall–Kier alpha value is -1.34. The standard InChI is InChI=1S/C16H22N4O2.2ClH/c17-15(12-5-9-22-10-6-12)16(21)18-7-8-20-11-19-13-3-1-2-4-14(13)20;;/h1-4,11-12,15H,5-10,17H2,(H,18,21);2*1H. The van der Waals surface area contributed by atoms with Crippen molar-refractivity contribution in [2.24, 2.45) is 11.7 Å². The smallest absolute Gasteiger partial charge is 0.237 e. The minimum Gasteiger partial charge on any atom is -0.381 e. The van der Waals surface area contributed by atoms with Crippen molar-refractivity contribution in [3.05, 3.63) is 30.6 Å². The summed E-state index contributed by atoms with van der Waals surface area (Å²) in [6, 6.07) is 7.51. The summed E-state index contributed by atoms with van der Waals surface area (Å²) in [4.78, 5) is 16.5. The maximum Gasteiger partial charge on any atom is 0.237 e. The number of imidazole rings is 1. The van der Waals surface area contributed by atoms with E-state index in [1.807, 2.05) is 28.8 Å². The summed E-state index contributed by atoms with van der Waals surface area (Å²) in [5.41, 5.74) is 8.10. The van der Waals surface area contributed by atoms with Crippen LogP contribution in [0.15, 0.2) is 30.6 Å². The molecule has 0 bridgehead atoms. The fourth-order valence-corrected chi connectivity index (χ4v) is 2.89. The van der Waals surface area contributed by atoms with E-state index in [1.54, 1.807) is 6.33 Å². The number of rotatable bonds is 5. The van der Waals surface area contributed by atoms with Gasteiger partial charge in [-0.25, -0.2) is 4.98 Å². The highest BCUT2D eigenvalue weighted by atomic mass is 35.5. The summed E-state index contributed by atoms with van der Waals surface area (Å²) < 4.78 is 7.34. The van der Waals surface area contributed by atoms with E-state index in [2.05, 4.69) is 10.3 Å². The lowest BCUT2D eigenvalue weighted by atomic mass is 9.92. The van der Waals surface area contributed by atoms with Gasteiger partial charge in [0, 0.05) is 26.3 Å². The summed E-state index contributed by atoms with van der Waals surface area (Å²) >= 11 is 0. The third-order valence-electron chi connectivity index (χ3n) is 4.26. The number of hydrogen-bond donors (Lipinski definition) is 2. The molecule has 3 rings (SSSR count). The molecule has 1 aromatic heterocycles. The minimum atomic E-state index is -0.441. The van der Waals surface area contributed by atoms with Crippen molar-refractivity contribution in [3.63, 3.8) is 0 Å². The van der Waals surface area contributed by atoms with Gasteiger partial charge in [0.05, 0.1) is 23.4 Å². The van der Waals surface area contributed by atoms with E-state index in [0.717, 1.165) is 23.9 Å². The number of para-hydroxylation sites is 2. The molecule has 1 aliphatic rings. The average Bonchev–Trinajstić information content (AvgIpc) is 2.98. The van der Waals surface area contributed by atoms with Crippen LogP contribution in [0.5, 0.6) is 0 Å². The molecule has 1 unspecified atom stereocenters. The number of hydrogen-bond acceptors (Lipinski definition) is 4. The molecule has 24 heavy (non-hydrogen) atoms. The third-order valence-corrected chi connectivity index (χ3v) is 4.26. The van der Waals surface area contributed by atoms with Crippen LogP contribution in [-0.2, 0) is 16.1 Å². The van der Waals surface area contributed by atoms with E-state index in [0.29, 0.717) is 26.3 Å². The summed E-state index contributed by atoms with van der Waals surface area (Å²) in [7, 11) is 0. The van der Waals surface area contributed by atoms with Crippen molar-refractivity contribution in [3.8, 4) is 0 Å². The van der Waals surface area contributed by atoms with Gasteiger partial charge in [-0.1, -0.05) is 12.1 Å². The molecule has 134 valence electrons. The lowest BCUT2D eigenvalue weighted by molar-refractivity contribution is -0.124. The number of carbonyl (C=O) groups is 1. The van der Waals surface area contributed by atoms with Crippen LogP contribution in [0, 0.1) is 5.92 Å². The number of carbonyl (C=O) groups excluding carboxylic acids is 1. The van der Waals surface area contributed by atoms with Gasteiger partial charge >= 0.3 is 0 Å². The highest BCUT2D eigenvalue weighted by Crippen LogP contribution is 2.17. The van der Waals surface area contributed by atoms with Crippen LogP contribution >= 0.6 is 24.8 Å². The highest BCUT2D eigenvalue weighted by molar-refractivity contribution is 5.85. The fourth-order valence-electron chi connectivity index (χ4n) is 2.89. The largest absolute Gasteiger partial charge is 0.381 e. The number of halogens is 2. The first-order valence-corrected chi connectivity index (χ1v) is 7.76. The van der Waals surface area contributed by atoms with Gasteiger partial charge < -0.3 is 20.4 Å². The number of amides is 1. The lowest BCUT2D eigenvalue weighted by Crippen LogP contribution is -2.47. The first kappa shape index (κ1) is 20.7. The predicted molar refractivity (Wildman–Crippen MR) is 98.8 cm³/mol. The highest BCUT2D eigenvalue weighted by Gasteiger charge is 2.26. The van der Waals surface area contributed by atoms with Crippen molar-refractivity contribution in [1.29, 1.82) is 0 Å². The Kier molecular flexibility index (Phi) is 8.48. The summed E-state index contributed by atoms with van der Waals surface area (Å²) in [6.07, 6.45) is 3.52. The number of nitrogens with two attached hydrogens (primary N) is 1. The Morgan fingerprint density at radius 1 is 1.33 bits per heavy atom. The second-order valence-corrected chi connectivity index (χ2v) is 5.69. The molecule has 1 aliphatic heterocycles. The normalized spacial score (nSPS) is 16.0. The zero-order valence-corrected chi connectivity index (χ0v) is 15.0. The topological polar surface area (TPSA) is 82.2 Å². The second kappa shape index (κ2) is 9.84. The maximum atomic E-state index is 12.1. The van der Waals surface area contributed by atoms with Crippen molar-refractivity contribution in [1.82, 2.24) is 14.9 Å². The zero-order chi connectivity index (χ0) is 15.4. The number of nitrogens with zero attached hydrogens (tertiary/aromatic N) is 2. The monoisotopic (exact) mass is 374 g/mol. The Labute approximate surface area is 154 Å². The molecule has 1 saturated heterocycles. The first-order valence-electron chi connectivity index (χ1n) is 7.76. The van der Waals surface area contributed by atoms with E-state index in [4.69, 9.17) is 10.5 Å². The van der Waals surface area contributed by atoms with Crippen molar-refractivity contribution in [2.75, 3.05) is 19.8 Å². The molecule has 3 N–H and O–H groups in total. The van der Waals surface area contributed by atoms with Gasteiger partial charge in [0.2, 0.25) is 5.91 Å². The minimum absolute atomic E-state index is 0. The van der Waals surface area contributed by atoms with E-state index in [9.17, 15) is 4.79 Å². The Morgan fingerprint density at radius 2 is 2.04 bits per heavy atom. The van der Waals surface area contributed by atoms with Gasteiger partial charge in [-0.15, -0.1) is 24.8 Å². The number of aromatic nitrogens is 2. The van der Waals surface area contributed by atoms with Crippen LogP contribution in [0.3, 0.4) is 0 Å². The van der Waals surface area contributed by atoms with Crippen LogP contribution in [0.2, 0.25) is 0 Å². The Balaban J connectivity index is 0.00000144. The molecule has 1 amide bonds. The molecular weight excluding hydrogens is 351 g/mol. The van der Waals surface area contributed by atoms with Crippen molar-refractivity contribution in [2.45, 2.75) is 25.4 Å². The molecule has 8 heteroatoms. The van der Waals surface area contributed by atoms with Gasteiger partial charge in [0.25, 0.3) is 0 Å². The van der Waals surface area contributed by atoms with Crippen LogP contribution in [0.4, 0.5) is 0 Å². The van der Waals surface area contributed by atoms with Gasteiger partial charge in [-0.05, 0) is 30.9 Å². The molecule has 0 spiro atoms. The quantitative estimate of drug-likeness (QED) is 0.834. The average molecular weight is 375 g/mol. The Morgan fingerprint density at radius 3 is 2.79 bits per heavy atom. The van der Waals surface area contributed by atoms with E-state index < -0.39 is 6.04 Å². The molecule has 1 atom stereocenters. The predicted octanol–water partition coefficient (Wildman–Crippen LogP) is 1.75. The molecule has 2 aromatic rings. The lowest BCUT2D eigenvalue weighted by Gasteiger charge is -2.26. The molecule has 0 aliphatic carbocycles. The van der Waals surface area contributed by atoms with E-state index in [1.165, 1.54) is 0 Å². The zero-order valence-electron chi connectivity index (χ0n) is 13.4. The molecule has 2 heterocycles. The Bertz CT molecular complexity index is 644. The van der Waals surface area contributed by atoms with Crippen molar-refractivity contribution >= 4 is 41.8 Å². The van der Waals surface area contributed by atoms with E-state index >= 15 is 0 Å². The van der Waals surface area contributed by atoms with Crippen LogP contribution in [0.1, 0.15) is 12.8 Å². The van der Waals surface area contributed by atoms with Gasteiger partial charge in [-0.3, -0.25) is 4.79 Å². The summed E-state index contributed by atoms with van der Waals surface area (Å²) in [5.74, 6) is 0.152. The fraction of sp³-hybridized carbons (Fsp3) is 0.500. The SMILES string of the molecule is Cl.Cl.NC(C(=O)NCCn1cnc2ccccc21)C1CCOCC1. The van der Waals surface area contributed by atoms with Gasteiger partial charge in [-0.2, -0.15) is 0 Å². The molecular formula is C16H24Cl2N4O2. The number of benzene rings is 1. The van der Waals surface area contributed by atoms with Crippen LogP contribution in [0.25, 0.3) is 11.0 Å². The third kappa shape index (κ3) is 4.83. The first-order chi connectivity index (χ1) is 10.8. The van der Waals surface area contributed by atoms with Crippen LogP contribution < -0.4 is 11.1 Å². The van der Waals surface area contributed by atoms with Crippen LogP contribution in [-0.4, -0.2) is 41.3 Å². The molecule has 0 saturated carbocycles. The molecule has 0 radical (unpaired) electrons. The number of fused-ring (bicyclic) bond motifs is 1. The van der Waals surface area contributed by atoms with Gasteiger partial charge in [0.15, 0.2) is 0 Å². The maximum absolute atomic E-state index is 12.1. The molecule has 6 nitrogen and oxygen atoms in total. The van der Waals surface area contributed by atoms with Gasteiger partial charge in [0.1, 0.15) is 0 Å². The summed E-state index contributed by atoms with van der Waals surface area (Å²) in [6.45, 7) is 2.64.